The van der Waals surface area contributed by atoms with Crippen LogP contribution in [0, 0.1) is 6.92 Å². The molecule has 0 spiro atoms. The van der Waals surface area contributed by atoms with Crippen LogP contribution in [0.3, 0.4) is 0 Å². The molecule has 0 aliphatic carbocycles. The van der Waals surface area contributed by atoms with Crippen molar-refractivity contribution in [1.29, 1.82) is 0 Å². The number of rotatable bonds is 4. The summed E-state index contributed by atoms with van der Waals surface area (Å²) in [4.78, 5) is 14.6. The molecule has 7 heteroatoms. The molecule has 0 radical (unpaired) electrons. The molecule has 0 aliphatic heterocycles. The van der Waals surface area contributed by atoms with Gasteiger partial charge in [-0.15, -0.1) is 0 Å². The van der Waals surface area contributed by atoms with Gasteiger partial charge in [0.2, 0.25) is 0 Å². The Balaban J connectivity index is 2.08. The third kappa shape index (κ3) is 2.54. The normalized spacial score (nSPS) is 11.0. The smallest absolute Gasteiger partial charge is 0.255 e. The molecule has 108 valence electrons. The zero-order valence-corrected chi connectivity index (χ0v) is 12.6. The molecule has 0 bridgehead atoms. The van der Waals surface area contributed by atoms with Crippen molar-refractivity contribution < 1.29 is 0 Å². The molecule has 3 heterocycles. The minimum Gasteiger partial charge on any atom is -0.352 e. The molecule has 3 rings (SSSR count). The fraction of sp³-hybridized carbons (Fsp3) is 0.286. The van der Waals surface area contributed by atoms with Crippen LogP contribution in [-0.4, -0.2) is 31.1 Å². The topological polar surface area (TPSA) is 59.2 Å². The first kappa shape index (κ1) is 13.8. The van der Waals surface area contributed by atoms with Gasteiger partial charge in [0.05, 0.1) is 0 Å². The van der Waals surface area contributed by atoms with E-state index < -0.39 is 0 Å². The molecular weight excluding hydrogens is 288 g/mol. The molecule has 3 aromatic heterocycles. The van der Waals surface area contributed by atoms with Crippen molar-refractivity contribution in [2.75, 3.05) is 11.4 Å². The van der Waals surface area contributed by atoms with Crippen LogP contribution in [0.15, 0.2) is 30.9 Å². The monoisotopic (exact) mass is 302 g/mol. The average molecular weight is 303 g/mol. The summed E-state index contributed by atoms with van der Waals surface area (Å²) in [5, 5.41) is 4.72. The molecule has 0 atom stereocenters. The maximum atomic E-state index is 6.22. The van der Waals surface area contributed by atoms with Gasteiger partial charge in [-0.2, -0.15) is 19.6 Å². The van der Waals surface area contributed by atoms with Gasteiger partial charge >= 0.3 is 0 Å². The minimum absolute atomic E-state index is 0.457. The van der Waals surface area contributed by atoms with E-state index in [0.717, 1.165) is 24.5 Å². The van der Waals surface area contributed by atoms with E-state index in [1.165, 1.54) is 11.9 Å². The van der Waals surface area contributed by atoms with Crippen LogP contribution in [-0.2, 0) is 6.54 Å². The molecule has 0 fully saturated rings. The fourth-order valence-corrected chi connectivity index (χ4v) is 2.46. The van der Waals surface area contributed by atoms with Gasteiger partial charge in [-0.05, 0) is 31.5 Å². The average Bonchev–Trinajstić information content (AvgIpc) is 2.95. The summed E-state index contributed by atoms with van der Waals surface area (Å²) in [6.45, 7) is 5.60. The number of aromatic nitrogens is 5. The number of halogens is 1. The summed E-state index contributed by atoms with van der Waals surface area (Å²) in [5.74, 6) is 1.43. The SMILES string of the molecule is CCN(Cc1ccncc1)c1c(C)c(Cl)nc2ncnn12. The summed E-state index contributed by atoms with van der Waals surface area (Å²) in [6.07, 6.45) is 5.07. The summed E-state index contributed by atoms with van der Waals surface area (Å²) in [6, 6.07) is 4.00. The summed E-state index contributed by atoms with van der Waals surface area (Å²) < 4.78 is 1.73. The van der Waals surface area contributed by atoms with Crippen molar-refractivity contribution in [3.8, 4) is 0 Å². The Labute approximate surface area is 127 Å². The van der Waals surface area contributed by atoms with Gasteiger partial charge in [0.1, 0.15) is 17.3 Å². The quantitative estimate of drug-likeness (QED) is 0.693. The van der Waals surface area contributed by atoms with Crippen molar-refractivity contribution in [3.05, 3.63) is 47.1 Å². The lowest BCUT2D eigenvalue weighted by Crippen LogP contribution is -2.26. The van der Waals surface area contributed by atoms with Gasteiger partial charge in [0.25, 0.3) is 5.78 Å². The van der Waals surface area contributed by atoms with Gasteiger partial charge in [0, 0.05) is 31.0 Å². The predicted molar refractivity (Wildman–Crippen MR) is 81.5 cm³/mol. The third-order valence-electron chi connectivity index (χ3n) is 3.38. The highest BCUT2D eigenvalue weighted by Crippen LogP contribution is 2.26. The van der Waals surface area contributed by atoms with E-state index in [2.05, 4.69) is 31.9 Å². The van der Waals surface area contributed by atoms with Gasteiger partial charge < -0.3 is 4.90 Å². The molecule has 0 aromatic carbocycles. The van der Waals surface area contributed by atoms with Crippen molar-refractivity contribution in [2.45, 2.75) is 20.4 Å². The lowest BCUT2D eigenvalue weighted by molar-refractivity contribution is 0.768. The van der Waals surface area contributed by atoms with Crippen LogP contribution in [0.5, 0.6) is 0 Å². The summed E-state index contributed by atoms with van der Waals surface area (Å²) in [5.41, 5.74) is 2.07. The highest BCUT2D eigenvalue weighted by atomic mass is 35.5. The van der Waals surface area contributed by atoms with Gasteiger partial charge in [-0.3, -0.25) is 4.98 Å². The first-order chi connectivity index (χ1) is 10.2. The fourth-order valence-electron chi connectivity index (χ4n) is 2.30. The van der Waals surface area contributed by atoms with Crippen LogP contribution in [0.4, 0.5) is 5.82 Å². The van der Waals surface area contributed by atoms with Crippen molar-refractivity contribution in [1.82, 2.24) is 24.6 Å². The summed E-state index contributed by atoms with van der Waals surface area (Å²) in [7, 11) is 0. The van der Waals surface area contributed by atoms with Gasteiger partial charge in [-0.25, -0.2) is 0 Å². The van der Waals surface area contributed by atoms with E-state index in [1.54, 1.807) is 16.9 Å². The predicted octanol–water partition coefficient (Wildman–Crippen LogP) is 2.51. The Bertz CT molecular complexity index is 755. The van der Waals surface area contributed by atoms with E-state index in [1.807, 2.05) is 19.1 Å². The second kappa shape index (κ2) is 5.65. The zero-order valence-electron chi connectivity index (χ0n) is 11.9. The van der Waals surface area contributed by atoms with Crippen LogP contribution in [0.1, 0.15) is 18.1 Å². The molecule has 3 aromatic rings. The van der Waals surface area contributed by atoms with Crippen molar-refractivity contribution in [2.24, 2.45) is 0 Å². The van der Waals surface area contributed by atoms with Crippen LogP contribution in [0.25, 0.3) is 5.78 Å². The number of hydrogen-bond acceptors (Lipinski definition) is 5. The number of hydrogen-bond donors (Lipinski definition) is 0. The number of fused-ring (bicyclic) bond motifs is 1. The van der Waals surface area contributed by atoms with E-state index in [4.69, 9.17) is 11.6 Å². The third-order valence-corrected chi connectivity index (χ3v) is 3.75. The molecule has 0 amide bonds. The number of pyridine rings is 1. The second-order valence-corrected chi connectivity index (χ2v) is 5.05. The van der Waals surface area contributed by atoms with Gasteiger partial charge in [0.15, 0.2) is 0 Å². The van der Waals surface area contributed by atoms with Crippen molar-refractivity contribution in [3.63, 3.8) is 0 Å². The van der Waals surface area contributed by atoms with E-state index in [9.17, 15) is 0 Å². The molecule has 0 saturated carbocycles. The maximum absolute atomic E-state index is 6.22. The van der Waals surface area contributed by atoms with E-state index in [0.29, 0.717) is 10.9 Å². The Morgan fingerprint density at radius 1 is 1.29 bits per heavy atom. The van der Waals surface area contributed by atoms with E-state index in [-0.39, 0.29) is 0 Å². The zero-order chi connectivity index (χ0) is 14.8. The second-order valence-electron chi connectivity index (χ2n) is 4.69. The molecule has 0 N–H and O–H groups in total. The molecule has 0 saturated heterocycles. The Hall–Kier alpha value is -2.21. The largest absolute Gasteiger partial charge is 0.352 e. The minimum atomic E-state index is 0.457. The Kier molecular flexibility index (Phi) is 3.70. The van der Waals surface area contributed by atoms with Crippen molar-refractivity contribution >= 4 is 23.2 Å². The van der Waals surface area contributed by atoms with E-state index >= 15 is 0 Å². The summed E-state index contributed by atoms with van der Waals surface area (Å²) >= 11 is 6.22. The highest BCUT2D eigenvalue weighted by Gasteiger charge is 2.17. The first-order valence-corrected chi connectivity index (χ1v) is 7.08. The lowest BCUT2D eigenvalue weighted by Gasteiger charge is -2.25. The molecule has 21 heavy (non-hydrogen) atoms. The molecule has 0 unspecified atom stereocenters. The standard InChI is InChI=1S/C14H15ClN6/c1-3-20(8-11-4-6-16-7-5-11)13-10(2)12(15)19-14-17-9-18-21(13)14/h4-7,9H,3,8H2,1-2H3. The Morgan fingerprint density at radius 3 is 2.76 bits per heavy atom. The number of anilines is 1. The molecular formula is C14H15ClN6. The maximum Gasteiger partial charge on any atom is 0.255 e. The number of nitrogens with zero attached hydrogens (tertiary/aromatic N) is 6. The first-order valence-electron chi connectivity index (χ1n) is 6.70. The van der Waals surface area contributed by atoms with Crippen LogP contribution >= 0.6 is 11.6 Å². The molecule has 0 aliphatic rings. The van der Waals surface area contributed by atoms with Crippen LogP contribution in [0.2, 0.25) is 5.15 Å². The molecule has 6 nitrogen and oxygen atoms in total. The van der Waals surface area contributed by atoms with Crippen LogP contribution < -0.4 is 4.90 Å². The lowest BCUT2D eigenvalue weighted by atomic mass is 10.2. The van der Waals surface area contributed by atoms with Gasteiger partial charge in [-0.1, -0.05) is 11.6 Å². The Morgan fingerprint density at radius 2 is 2.05 bits per heavy atom. The highest BCUT2D eigenvalue weighted by molar-refractivity contribution is 6.30.